The van der Waals surface area contributed by atoms with E-state index in [9.17, 15) is 8.42 Å². The van der Waals surface area contributed by atoms with E-state index in [0.717, 1.165) is 32.1 Å². The van der Waals surface area contributed by atoms with Crippen LogP contribution in [-0.2, 0) is 10.2 Å². The van der Waals surface area contributed by atoms with Gasteiger partial charge >= 0.3 is 0 Å². The van der Waals surface area contributed by atoms with Crippen LogP contribution in [0.15, 0.2) is 0 Å². The lowest BCUT2D eigenvalue weighted by atomic mass is 9.91. The molecule has 0 aromatic carbocycles. The molecule has 0 aliphatic heterocycles. The SMILES string of the molecule is CCCNS(=O)(=O)NC1(C(N)=S)CCCCCC1. The lowest BCUT2D eigenvalue weighted by Crippen LogP contribution is -2.58. The Morgan fingerprint density at radius 3 is 2.28 bits per heavy atom. The largest absolute Gasteiger partial charge is 0.392 e. The van der Waals surface area contributed by atoms with E-state index in [1.165, 1.54) is 0 Å². The molecule has 5 nitrogen and oxygen atoms in total. The highest BCUT2D eigenvalue weighted by Gasteiger charge is 2.37. The summed E-state index contributed by atoms with van der Waals surface area (Å²) in [6.07, 6.45) is 6.25. The zero-order chi connectivity index (χ0) is 13.6. The maximum Gasteiger partial charge on any atom is 0.277 e. The van der Waals surface area contributed by atoms with Crippen LogP contribution in [0.2, 0.25) is 0 Å². The predicted molar refractivity (Wildman–Crippen MR) is 77.6 cm³/mol. The summed E-state index contributed by atoms with van der Waals surface area (Å²) in [5, 5.41) is 0. The molecule has 1 aliphatic rings. The summed E-state index contributed by atoms with van der Waals surface area (Å²) in [5.74, 6) is 0. The van der Waals surface area contributed by atoms with E-state index in [0.29, 0.717) is 19.4 Å². The molecule has 1 fully saturated rings. The number of hydrogen-bond donors (Lipinski definition) is 3. The lowest BCUT2D eigenvalue weighted by Gasteiger charge is -2.32. The van der Waals surface area contributed by atoms with Gasteiger partial charge in [0.2, 0.25) is 0 Å². The van der Waals surface area contributed by atoms with Gasteiger partial charge in [0.15, 0.2) is 0 Å². The van der Waals surface area contributed by atoms with E-state index in [-0.39, 0.29) is 4.99 Å². The predicted octanol–water partition coefficient (Wildman–Crippen LogP) is 1.20. The van der Waals surface area contributed by atoms with Gasteiger partial charge in [-0.25, -0.2) is 4.72 Å². The van der Waals surface area contributed by atoms with Crippen molar-refractivity contribution in [2.24, 2.45) is 5.73 Å². The Labute approximate surface area is 115 Å². The Kier molecular flexibility index (Phi) is 5.97. The van der Waals surface area contributed by atoms with Gasteiger partial charge in [-0.05, 0) is 19.3 Å². The molecule has 0 aromatic rings. The average molecular weight is 293 g/mol. The first kappa shape index (κ1) is 15.8. The Hall–Kier alpha value is -0.240. The Balaban J connectivity index is 2.82. The molecular formula is C11H23N3O2S2. The van der Waals surface area contributed by atoms with Crippen molar-refractivity contribution < 1.29 is 8.42 Å². The third-order valence-electron chi connectivity index (χ3n) is 3.30. The van der Waals surface area contributed by atoms with Crippen molar-refractivity contribution in [1.82, 2.24) is 9.44 Å². The smallest absolute Gasteiger partial charge is 0.277 e. The molecule has 4 N–H and O–H groups in total. The summed E-state index contributed by atoms with van der Waals surface area (Å²) >= 11 is 5.09. The standard InChI is InChI=1S/C11H23N3O2S2/c1-2-9-13-18(15,16)14-11(10(12)17)7-5-3-4-6-8-11/h13-14H,2-9H2,1H3,(H2,12,17). The van der Waals surface area contributed by atoms with Gasteiger partial charge < -0.3 is 5.73 Å². The second-order valence-corrected chi connectivity index (χ2v) is 6.80. The second-order valence-electron chi connectivity index (χ2n) is 4.86. The van der Waals surface area contributed by atoms with Crippen molar-refractivity contribution in [3.05, 3.63) is 0 Å². The minimum Gasteiger partial charge on any atom is -0.392 e. The van der Waals surface area contributed by atoms with Gasteiger partial charge in [0.25, 0.3) is 10.2 Å². The summed E-state index contributed by atoms with van der Waals surface area (Å²) in [6, 6.07) is 0. The van der Waals surface area contributed by atoms with Gasteiger partial charge in [-0.3, -0.25) is 0 Å². The van der Waals surface area contributed by atoms with Gasteiger partial charge in [-0.15, -0.1) is 0 Å². The van der Waals surface area contributed by atoms with Gasteiger partial charge in [0.05, 0.1) is 10.5 Å². The van der Waals surface area contributed by atoms with Crippen LogP contribution >= 0.6 is 12.2 Å². The molecule has 7 heteroatoms. The fourth-order valence-electron chi connectivity index (χ4n) is 2.26. The number of nitrogens with two attached hydrogens (primary N) is 1. The van der Waals surface area contributed by atoms with Crippen LogP contribution in [0.4, 0.5) is 0 Å². The molecule has 1 saturated carbocycles. The van der Waals surface area contributed by atoms with E-state index in [4.69, 9.17) is 18.0 Å². The van der Waals surface area contributed by atoms with Crippen molar-refractivity contribution >= 4 is 27.4 Å². The highest BCUT2D eigenvalue weighted by atomic mass is 32.2. The van der Waals surface area contributed by atoms with E-state index in [1.54, 1.807) is 0 Å². The Morgan fingerprint density at radius 2 is 1.83 bits per heavy atom. The Bertz CT molecular complexity index is 374. The van der Waals surface area contributed by atoms with Crippen LogP contribution in [0.5, 0.6) is 0 Å². The first-order valence-corrected chi connectivity index (χ1v) is 8.39. The molecule has 1 rings (SSSR count). The molecular weight excluding hydrogens is 270 g/mol. The van der Waals surface area contributed by atoms with E-state index < -0.39 is 15.7 Å². The monoisotopic (exact) mass is 293 g/mol. The molecule has 0 aromatic heterocycles. The van der Waals surface area contributed by atoms with Crippen LogP contribution < -0.4 is 15.2 Å². The molecule has 0 amide bonds. The third-order valence-corrected chi connectivity index (χ3v) is 4.93. The van der Waals surface area contributed by atoms with Crippen LogP contribution in [-0.4, -0.2) is 25.5 Å². The van der Waals surface area contributed by atoms with Gasteiger partial charge in [0.1, 0.15) is 0 Å². The first-order valence-electron chi connectivity index (χ1n) is 6.50. The summed E-state index contributed by atoms with van der Waals surface area (Å²) < 4.78 is 29.1. The normalized spacial score (nSPS) is 20.3. The zero-order valence-corrected chi connectivity index (χ0v) is 12.5. The molecule has 0 saturated heterocycles. The second kappa shape index (κ2) is 6.79. The van der Waals surface area contributed by atoms with Crippen LogP contribution in [0.3, 0.4) is 0 Å². The van der Waals surface area contributed by atoms with Crippen LogP contribution in [0, 0.1) is 0 Å². The van der Waals surface area contributed by atoms with Crippen LogP contribution in [0.25, 0.3) is 0 Å². The molecule has 0 bridgehead atoms. The van der Waals surface area contributed by atoms with Crippen LogP contribution in [0.1, 0.15) is 51.9 Å². The maximum absolute atomic E-state index is 11.9. The summed E-state index contributed by atoms with van der Waals surface area (Å²) in [4.78, 5) is 0.256. The van der Waals surface area contributed by atoms with Crippen molar-refractivity contribution in [2.75, 3.05) is 6.54 Å². The fourth-order valence-corrected chi connectivity index (χ4v) is 3.95. The highest BCUT2D eigenvalue weighted by molar-refractivity contribution is 7.87. The van der Waals surface area contributed by atoms with E-state index in [1.807, 2.05) is 6.92 Å². The van der Waals surface area contributed by atoms with E-state index >= 15 is 0 Å². The van der Waals surface area contributed by atoms with Crippen molar-refractivity contribution in [3.8, 4) is 0 Å². The minimum atomic E-state index is -3.53. The minimum absolute atomic E-state index is 0.256. The summed E-state index contributed by atoms with van der Waals surface area (Å²) in [6.45, 7) is 2.33. The zero-order valence-electron chi connectivity index (χ0n) is 10.9. The Morgan fingerprint density at radius 1 is 1.28 bits per heavy atom. The molecule has 0 spiro atoms. The molecule has 1 aliphatic carbocycles. The topological polar surface area (TPSA) is 84.2 Å². The number of nitrogens with one attached hydrogen (secondary N) is 2. The number of rotatable bonds is 6. The fraction of sp³-hybridized carbons (Fsp3) is 0.909. The van der Waals surface area contributed by atoms with Gasteiger partial charge in [-0.1, -0.05) is 44.8 Å². The maximum atomic E-state index is 11.9. The first-order chi connectivity index (χ1) is 8.42. The molecule has 106 valence electrons. The third kappa shape index (κ3) is 4.46. The van der Waals surface area contributed by atoms with E-state index in [2.05, 4.69) is 9.44 Å². The molecule has 0 radical (unpaired) electrons. The molecule has 0 unspecified atom stereocenters. The van der Waals surface area contributed by atoms with Gasteiger partial charge in [0, 0.05) is 6.54 Å². The quantitative estimate of drug-likeness (QED) is 0.507. The van der Waals surface area contributed by atoms with Crippen molar-refractivity contribution in [3.63, 3.8) is 0 Å². The average Bonchev–Trinajstić information content (AvgIpc) is 2.52. The number of thiocarbonyl (C=S) groups is 1. The lowest BCUT2D eigenvalue weighted by molar-refractivity contribution is 0.437. The molecule has 0 atom stereocenters. The molecule has 18 heavy (non-hydrogen) atoms. The summed E-state index contributed by atoms with van der Waals surface area (Å²) in [5.41, 5.74) is 5.04. The van der Waals surface area contributed by atoms with Crippen molar-refractivity contribution in [1.29, 1.82) is 0 Å². The number of hydrogen-bond acceptors (Lipinski definition) is 3. The summed E-state index contributed by atoms with van der Waals surface area (Å²) in [7, 11) is -3.53. The van der Waals surface area contributed by atoms with Gasteiger partial charge in [-0.2, -0.15) is 13.1 Å². The highest BCUT2D eigenvalue weighted by Crippen LogP contribution is 2.28. The van der Waals surface area contributed by atoms with Crippen molar-refractivity contribution in [2.45, 2.75) is 57.4 Å². The molecule has 0 heterocycles.